The lowest BCUT2D eigenvalue weighted by molar-refractivity contribution is -0.870. The first-order valence-corrected chi connectivity index (χ1v) is 26.4. The van der Waals surface area contributed by atoms with E-state index in [2.05, 4.69) is 26.0 Å². The number of hydrogen-bond acceptors (Lipinski definition) is 6. The summed E-state index contributed by atoms with van der Waals surface area (Å²) in [5.41, 5.74) is 0. The topological polar surface area (TPSA) is 91.3 Å². The fourth-order valence-corrected chi connectivity index (χ4v) is 7.94. The van der Waals surface area contributed by atoms with Crippen LogP contribution in [0.15, 0.2) is 12.2 Å². The highest BCUT2D eigenvalue weighted by molar-refractivity contribution is 7.47. The third kappa shape index (κ3) is 46.3. The van der Waals surface area contributed by atoms with Gasteiger partial charge in [-0.25, -0.2) is 4.57 Å². The highest BCUT2D eigenvalue weighted by Gasteiger charge is 2.26. The van der Waals surface area contributed by atoms with E-state index in [9.17, 15) is 14.3 Å². The van der Waals surface area contributed by atoms with Crippen LogP contribution in [-0.2, 0) is 27.9 Å². The van der Waals surface area contributed by atoms with Gasteiger partial charge in [0, 0.05) is 13.0 Å². The van der Waals surface area contributed by atoms with Crippen molar-refractivity contribution in [3.05, 3.63) is 12.2 Å². The Kier molecular flexibility index (Phi) is 42.3. The summed E-state index contributed by atoms with van der Waals surface area (Å²) in [5, 5.41) is 0. The Hall–Kier alpha value is -0.760. The minimum Gasteiger partial charge on any atom is -0.457 e. The number of esters is 1. The third-order valence-electron chi connectivity index (χ3n) is 11.1. The molecule has 0 aliphatic carbocycles. The van der Waals surface area contributed by atoms with Crippen molar-refractivity contribution in [3.63, 3.8) is 0 Å². The van der Waals surface area contributed by atoms with Crippen LogP contribution < -0.4 is 0 Å². The van der Waals surface area contributed by atoms with E-state index in [0.29, 0.717) is 24.1 Å². The number of allylic oxidation sites excluding steroid dienone is 2. The second-order valence-electron chi connectivity index (χ2n) is 18.2. The molecule has 0 saturated carbocycles. The fourth-order valence-electron chi connectivity index (χ4n) is 7.20. The van der Waals surface area contributed by atoms with E-state index in [1.807, 2.05) is 21.1 Å². The lowest BCUT2D eigenvalue weighted by atomic mass is 10.0. The zero-order chi connectivity index (χ0) is 42.7. The van der Waals surface area contributed by atoms with Gasteiger partial charge in [0.1, 0.15) is 19.3 Å². The molecule has 0 fully saturated rings. The lowest BCUT2D eigenvalue weighted by Gasteiger charge is -2.24. The number of nitrogens with zero attached hydrogens (tertiary/aromatic N) is 1. The molecule has 58 heavy (non-hydrogen) atoms. The van der Waals surface area contributed by atoms with E-state index in [1.54, 1.807) is 0 Å². The average Bonchev–Trinajstić information content (AvgIpc) is 3.18. The van der Waals surface area contributed by atoms with Crippen LogP contribution in [0.2, 0.25) is 0 Å². The largest absolute Gasteiger partial charge is 0.472 e. The fraction of sp³-hybridized carbons (Fsp3) is 0.939. The zero-order valence-corrected chi connectivity index (χ0v) is 40.2. The summed E-state index contributed by atoms with van der Waals surface area (Å²) in [7, 11) is 1.68. The highest BCUT2D eigenvalue weighted by atomic mass is 31.2. The monoisotopic (exact) mass is 845 g/mol. The minimum atomic E-state index is -4.27. The lowest BCUT2D eigenvalue weighted by Crippen LogP contribution is -2.37. The van der Waals surface area contributed by atoms with Crippen LogP contribution in [0.3, 0.4) is 0 Å². The van der Waals surface area contributed by atoms with Gasteiger partial charge in [-0.1, -0.05) is 206 Å². The van der Waals surface area contributed by atoms with Gasteiger partial charge < -0.3 is 18.9 Å². The molecule has 0 aromatic carbocycles. The standard InChI is InChI=1S/C49H98NO7P/c1-6-8-10-12-14-16-18-20-22-24-25-26-27-29-31-33-35-37-39-41-44-54-46-48(47-56-58(52,53)55-45-43-50(3,4)5)57-49(51)42-40-38-36-34-32-30-28-23-21-19-17-15-13-11-9-7-2/h20,22,48H,6-19,21,23-47H2,1-5H3/p+1/b22-20-. The van der Waals surface area contributed by atoms with Crippen molar-refractivity contribution in [1.29, 1.82) is 0 Å². The zero-order valence-electron chi connectivity index (χ0n) is 39.3. The summed E-state index contributed by atoms with van der Waals surface area (Å²) in [6.07, 6.45) is 48.2. The van der Waals surface area contributed by atoms with Crippen molar-refractivity contribution in [2.75, 3.05) is 54.1 Å². The molecule has 0 spiro atoms. The molecular weight excluding hydrogens is 746 g/mol. The van der Waals surface area contributed by atoms with Crippen LogP contribution in [0.1, 0.15) is 239 Å². The number of hydrogen-bond donors (Lipinski definition) is 1. The summed E-state index contributed by atoms with van der Waals surface area (Å²) < 4.78 is 35.1. The van der Waals surface area contributed by atoms with Gasteiger partial charge in [-0.05, 0) is 38.5 Å². The van der Waals surface area contributed by atoms with Crippen LogP contribution in [0.25, 0.3) is 0 Å². The number of phosphoric ester groups is 1. The number of carbonyl (C=O) groups excluding carboxylic acids is 1. The SMILES string of the molecule is CCCCCCCC/C=C\CCCCCCCCCCCCOCC(COP(=O)(O)OCC[N+](C)(C)C)OC(=O)CCCCCCCCCCCCCCCCCC. The molecule has 0 rings (SSSR count). The molecule has 0 aromatic heterocycles. The maximum absolute atomic E-state index is 12.7. The quantitative estimate of drug-likeness (QED) is 0.0214. The molecule has 346 valence electrons. The predicted molar refractivity (Wildman–Crippen MR) is 247 cm³/mol. The summed E-state index contributed by atoms with van der Waals surface area (Å²) in [4.78, 5) is 23.0. The van der Waals surface area contributed by atoms with Crippen LogP contribution >= 0.6 is 7.82 Å². The number of phosphoric acid groups is 1. The first kappa shape index (κ1) is 57.2. The number of carbonyl (C=O) groups is 1. The number of ether oxygens (including phenoxy) is 2. The highest BCUT2D eigenvalue weighted by Crippen LogP contribution is 2.43. The molecule has 0 heterocycles. The summed E-state index contributed by atoms with van der Waals surface area (Å²) in [6.45, 7) is 5.67. The molecule has 2 unspecified atom stereocenters. The van der Waals surface area contributed by atoms with Gasteiger partial charge in [-0.3, -0.25) is 13.8 Å². The normalized spacial score (nSPS) is 13.7. The van der Waals surface area contributed by atoms with Crippen molar-refractivity contribution < 1.29 is 37.3 Å². The van der Waals surface area contributed by atoms with Crippen molar-refractivity contribution >= 4 is 13.8 Å². The van der Waals surface area contributed by atoms with Gasteiger partial charge in [-0.2, -0.15) is 0 Å². The van der Waals surface area contributed by atoms with Gasteiger partial charge in [-0.15, -0.1) is 0 Å². The third-order valence-corrected chi connectivity index (χ3v) is 12.1. The summed E-state index contributed by atoms with van der Waals surface area (Å²) >= 11 is 0. The van der Waals surface area contributed by atoms with Gasteiger partial charge in [0.15, 0.2) is 0 Å². The van der Waals surface area contributed by atoms with E-state index in [-0.39, 0.29) is 25.8 Å². The van der Waals surface area contributed by atoms with Crippen LogP contribution in [0, 0.1) is 0 Å². The smallest absolute Gasteiger partial charge is 0.457 e. The van der Waals surface area contributed by atoms with Crippen molar-refractivity contribution in [2.45, 2.75) is 245 Å². The van der Waals surface area contributed by atoms with E-state index < -0.39 is 13.9 Å². The molecule has 0 radical (unpaired) electrons. The maximum atomic E-state index is 12.7. The van der Waals surface area contributed by atoms with Crippen molar-refractivity contribution in [1.82, 2.24) is 0 Å². The van der Waals surface area contributed by atoms with Crippen molar-refractivity contribution in [2.24, 2.45) is 0 Å². The van der Waals surface area contributed by atoms with Gasteiger partial charge in [0.2, 0.25) is 0 Å². The van der Waals surface area contributed by atoms with E-state index in [0.717, 1.165) is 32.1 Å². The second-order valence-corrected chi connectivity index (χ2v) is 19.7. The Balaban J connectivity index is 4.12. The van der Waals surface area contributed by atoms with Crippen LogP contribution in [-0.4, -0.2) is 75.6 Å². The minimum absolute atomic E-state index is 0.0920. The summed E-state index contributed by atoms with van der Waals surface area (Å²) in [6, 6.07) is 0. The Morgan fingerprint density at radius 2 is 0.897 bits per heavy atom. The molecule has 0 saturated heterocycles. The van der Waals surface area contributed by atoms with E-state index in [1.165, 1.54) is 186 Å². The Morgan fingerprint density at radius 1 is 0.517 bits per heavy atom. The number of likely N-dealkylation sites (N-methyl/N-ethyl adjacent to an activating group) is 1. The molecule has 0 aliphatic heterocycles. The van der Waals surface area contributed by atoms with Crippen molar-refractivity contribution in [3.8, 4) is 0 Å². The molecule has 8 nitrogen and oxygen atoms in total. The summed E-state index contributed by atoms with van der Waals surface area (Å²) in [5.74, 6) is -0.308. The first-order valence-electron chi connectivity index (χ1n) is 24.9. The molecule has 1 N–H and O–H groups in total. The molecule has 9 heteroatoms. The Morgan fingerprint density at radius 3 is 1.31 bits per heavy atom. The van der Waals surface area contributed by atoms with Crippen LogP contribution in [0.4, 0.5) is 0 Å². The number of quaternary nitrogens is 1. The maximum Gasteiger partial charge on any atom is 0.472 e. The molecule has 0 aliphatic rings. The average molecular weight is 845 g/mol. The van der Waals surface area contributed by atoms with E-state index >= 15 is 0 Å². The molecule has 0 amide bonds. The predicted octanol–water partition coefficient (Wildman–Crippen LogP) is 15.0. The Labute approximate surface area is 360 Å². The van der Waals surface area contributed by atoms with Gasteiger partial charge >= 0.3 is 13.8 Å². The molecule has 0 bridgehead atoms. The number of rotatable bonds is 47. The Bertz CT molecular complexity index is 940. The van der Waals surface area contributed by atoms with Crippen LogP contribution in [0.5, 0.6) is 0 Å². The first-order chi connectivity index (χ1) is 28.1. The molecule has 2 atom stereocenters. The van der Waals surface area contributed by atoms with Gasteiger partial charge in [0.25, 0.3) is 0 Å². The second kappa shape index (κ2) is 42.9. The van der Waals surface area contributed by atoms with E-state index in [4.69, 9.17) is 18.5 Å². The van der Waals surface area contributed by atoms with Gasteiger partial charge in [0.05, 0.1) is 34.4 Å². The number of unbranched alkanes of at least 4 members (excludes halogenated alkanes) is 31. The molecule has 0 aromatic rings. The molecular formula is C49H99NO7P+.